The first kappa shape index (κ1) is 10.8. The maximum absolute atomic E-state index is 4.38. The lowest BCUT2D eigenvalue weighted by molar-refractivity contribution is 0.956. The molecule has 0 bridgehead atoms. The van der Waals surface area contributed by atoms with Crippen LogP contribution < -0.4 is 0 Å². The first-order valence-electron chi connectivity index (χ1n) is 5.09. The zero-order valence-electron chi connectivity index (χ0n) is 9.17. The number of rotatable bonds is 4. The summed E-state index contributed by atoms with van der Waals surface area (Å²) in [5.41, 5.74) is 3.44. The number of nitrogens with zero attached hydrogens (tertiary/aromatic N) is 1. The van der Waals surface area contributed by atoms with E-state index in [1.54, 1.807) is 0 Å². The molecule has 0 unspecified atom stereocenters. The average Bonchev–Trinajstić information content (AvgIpc) is 2.59. The van der Waals surface area contributed by atoms with Gasteiger partial charge < -0.3 is 4.98 Å². The van der Waals surface area contributed by atoms with Gasteiger partial charge in [-0.25, -0.2) is 0 Å². The van der Waals surface area contributed by atoms with Gasteiger partial charge >= 0.3 is 0 Å². The largest absolute Gasteiger partial charge is 0.365 e. The number of hydrogen-bond acceptors (Lipinski definition) is 1. The first-order valence-corrected chi connectivity index (χ1v) is 5.09. The van der Waals surface area contributed by atoms with Crippen LogP contribution in [0, 0.1) is 6.92 Å². The molecule has 0 saturated heterocycles. The van der Waals surface area contributed by atoms with Gasteiger partial charge in [0, 0.05) is 29.4 Å². The van der Waals surface area contributed by atoms with Gasteiger partial charge in [-0.05, 0) is 26.3 Å². The molecule has 0 radical (unpaired) electrons. The van der Waals surface area contributed by atoms with Crippen molar-refractivity contribution in [2.45, 2.75) is 33.6 Å². The SMILES string of the molecule is CCC/C=C/N=C(/C)c1cc[nH]c1C. The van der Waals surface area contributed by atoms with Crippen LogP contribution in [0.4, 0.5) is 0 Å². The van der Waals surface area contributed by atoms with E-state index < -0.39 is 0 Å². The second-order valence-corrected chi connectivity index (χ2v) is 3.40. The molecular formula is C12H18N2. The van der Waals surface area contributed by atoms with Crippen molar-refractivity contribution in [3.63, 3.8) is 0 Å². The molecule has 0 fully saturated rings. The Balaban J connectivity index is 2.65. The fraction of sp³-hybridized carbons (Fsp3) is 0.417. The van der Waals surface area contributed by atoms with E-state index >= 15 is 0 Å². The van der Waals surface area contributed by atoms with Crippen molar-refractivity contribution in [2.75, 3.05) is 0 Å². The van der Waals surface area contributed by atoms with Gasteiger partial charge in [-0.15, -0.1) is 0 Å². The minimum Gasteiger partial charge on any atom is -0.365 e. The zero-order valence-corrected chi connectivity index (χ0v) is 9.17. The number of aromatic nitrogens is 1. The fourth-order valence-electron chi connectivity index (χ4n) is 1.32. The number of allylic oxidation sites excluding steroid dienone is 1. The van der Waals surface area contributed by atoms with Crippen LogP contribution in [-0.2, 0) is 0 Å². The molecule has 0 aromatic carbocycles. The molecule has 0 spiro atoms. The van der Waals surface area contributed by atoms with Crippen LogP contribution in [-0.4, -0.2) is 10.7 Å². The monoisotopic (exact) mass is 190 g/mol. The molecule has 0 atom stereocenters. The van der Waals surface area contributed by atoms with Gasteiger partial charge in [-0.1, -0.05) is 19.4 Å². The number of H-pyrrole nitrogens is 1. The lowest BCUT2D eigenvalue weighted by Crippen LogP contribution is -1.93. The predicted octanol–water partition coefficient (Wildman–Crippen LogP) is 3.45. The third kappa shape index (κ3) is 2.87. The Morgan fingerprint density at radius 3 is 2.93 bits per heavy atom. The van der Waals surface area contributed by atoms with Crippen molar-refractivity contribution in [3.05, 3.63) is 35.8 Å². The van der Waals surface area contributed by atoms with E-state index in [0.717, 1.165) is 12.1 Å². The van der Waals surface area contributed by atoms with Crippen LogP contribution in [0.25, 0.3) is 0 Å². The molecule has 0 aliphatic rings. The van der Waals surface area contributed by atoms with Crippen molar-refractivity contribution < 1.29 is 0 Å². The number of hydrogen-bond donors (Lipinski definition) is 1. The van der Waals surface area contributed by atoms with Crippen molar-refractivity contribution >= 4 is 5.71 Å². The molecule has 0 saturated carbocycles. The van der Waals surface area contributed by atoms with Crippen LogP contribution >= 0.6 is 0 Å². The highest BCUT2D eigenvalue weighted by atomic mass is 14.7. The summed E-state index contributed by atoms with van der Waals surface area (Å²) in [7, 11) is 0. The Hall–Kier alpha value is -1.31. The normalized spacial score (nSPS) is 12.6. The highest BCUT2D eigenvalue weighted by Gasteiger charge is 2.00. The molecule has 1 rings (SSSR count). The maximum Gasteiger partial charge on any atom is 0.0462 e. The third-order valence-corrected chi connectivity index (χ3v) is 2.17. The van der Waals surface area contributed by atoms with Gasteiger partial charge in [-0.2, -0.15) is 0 Å². The lowest BCUT2D eigenvalue weighted by Gasteiger charge is -1.96. The molecule has 1 aromatic rings. The van der Waals surface area contributed by atoms with Crippen molar-refractivity contribution in [1.29, 1.82) is 0 Å². The van der Waals surface area contributed by atoms with Gasteiger partial charge in [-0.3, -0.25) is 4.99 Å². The van der Waals surface area contributed by atoms with Gasteiger partial charge in [0.2, 0.25) is 0 Å². The number of nitrogens with one attached hydrogen (secondary N) is 1. The molecule has 0 aliphatic carbocycles. The molecule has 1 N–H and O–H groups in total. The summed E-state index contributed by atoms with van der Waals surface area (Å²) in [5, 5.41) is 0. The van der Waals surface area contributed by atoms with Gasteiger partial charge in [0.05, 0.1) is 0 Å². The van der Waals surface area contributed by atoms with Crippen molar-refractivity contribution in [2.24, 2.45) is 4.99 Å². The fourth-order valence-corrected chi connectivity index (χ4v) is 1.32. The summed E-state index contributed by atoms with van der Waals surface area (Å²) in [6.07, 6.45) is 8.22. The van der Waals surface area contributed by atoms with E-state index in [1.807, 2.05) is 19.3 Å². The minimum atomic E-state index is 1.07. The Morgan fingerprint density at radius 2 is 2.36 bits per heavy atom. The van der Waals surface area contributed by atoms with Gasteiger partial charge in [0.1, 0.15) is 0 Å². The van der Waals surface area contributed by atoms with E-state index in [2.05, 4.69) is 36.0 Å². The highest BCUT2D eigenvalue weighted by Crippen LogP contribution is 2.06. The summed E-state index contributed by atoms with van der Waals surface area (Å²) < 4.78 is 0. The Morgan fingerprint density at radius 1 is 1.57 bits per heavy atom. The first-order chi connectivity index (χ1) is 6.75. The Labute approximate surface area is 85.8 Å². The predicted molar refractivity (Wildman–Crippen MR) is 61.8 cm³/mol. The smallest absolute Gasteiger partial charge is 0.0462 e. The van der Waals surface area contributed by atoms with Crippen molar-refractivity contribution in [1.82, 2.24) is 4.98 Å². The van der Waals surface area contributed by atoms with Crippen molar-refractivity contribution in [3.8, 4) is 0 Å². The Kier molecular flexibility index (Phi) is 4.17. The maximum atomic E-state index is 4.38. The van der Waals surface area contributed by atoms with Crippen LogP contribution in [0.3, 0.4) is 0 Å². The highest BCUT2D eigenvalue weighted by molar-refractivity contribution is 6.00. The zero-order chi connectivity index (χ0) is 10.4. The van der Waals surface area contributed by atoms with E-state index in [9.17, 15) is 0 Å². The number of unbranched alkanes of at least 4 members (excludes halogenated alkanes) is 1. The summed E-state index contributed by atoms with van der Waals surface area (Å²) in [6, 6.07) is 2.06. The van der Waals surface area contributed by atoms with Crippen LogP contribution in [0.1, 0.15) is 37.9 Å². The topological polar surface area (TPSA) is 28.1 Å². The summed E-state index contributed by atoms with van der Waals surface area (Å²) in [4.78, 5) is 7.53. The second-order valence-electron chi connectivity index (χ2n) is 3.40. The molecular weight excluding hydrogens is 172 g/mol. The van der Waals surface area contributed by atoms with E-state index in [1.165, 1.54) is 17.7 Å². The molecule has 76 valence electrons. The molecule has 2 heteroatoms. The molecule has 0 amide bonds. The van der Waals surface area contributed by atoms with E-state index in [-0.39, 0.29) is 0 Å². The third-order valence-electron chi connectivity index (χ3n) is 2.17. The average molecular weight is 190 g/mol. The van der Waals surface area contributed by atoms with E-state index in [0.29, 0.717) is 0 Å². The van der Waals surface area contributed by atoms with Gasteiger partial charge in [0.25, 0.3) is 0 Å². The quantitative estimate of drug-likeness (QED) is 0.704. The molecule has 0 aliphatic heterocycles. The second kappa shape index (κ2) is 5.43. The molecule has 2 nitrogen and oxygen atoms in total. The number of aliphatic imine (C=N–C) groups is 1. The Bertz CT molecular complexity index is 332. The summed E-state index contributed by atoms with van der Waals surface area (Å²) in [6.45, 7) is 6.26. The number of aromatic amines is 1. The summed E-state index contributed by atoms with van der Waals surface area (Å²) in [5.74, 6) is 0. The van der Waals surface area contributed by atoms with E-state index in [4.69, 9.17) is 0 Å². The minimum absolute atomic E-state index is 1.07. The molecule has 1 aromatic heterocycles. The standard InChI is InChI=1S/C12H18N2/c1-4-5-6-8-13-10(2)12-7-9-14-11(12)3/h6-9,14H,4-5H2,1-3H3/b8-6+,13-10-. The molecule has 14 heavy (non-hydrogen) atoms. The number of aryl methyl sites for hydroxylation is 1. The molecule has 1 heterocycles. The summed E-state index contributed by atoms with van der Waals surface area (Å²) >= 11 is 0. The van der Waals surface area contributed by atoms with Gasteiger partial charge in [0.15, 0.2) is 0 Å². The van der Waals surface area contributed by atoms with Crippen LogP contribution in [0.2, 0.25) is 0 Å². The van der Waals surface area contributed by atoms with Crippen LogP contribution in [0.5, 0.6) is 0 Å². The lowest BCUT2D eigenvalue weighted by atomic mass is 10.2. The van der Waals surface area contributed by atoms with Crippen LogP contribution in [0.15, 0.2) is 29.5 Å².